The number of nitrogens with one attached hydrogen (secondary N) is 2. The lowest BCUT2D eigenvalue weighted by atomic mass is 10.0. The summed E-state index contributed by atoms with van der Waals surface area (Å²) in [5, 5.41) is 15.8. The molecule has 4 aromatic rings. The van der Waals surface area contributed by atoms with Gasteiger partial charge in [-0.15, -0.1) is 0 Å². The van der Waals surface area contributed by atoms with Crippen molar-refractivity contribution < 1.29 is 5.11 Å². The van der Waals surface area contributed by atoms with Crippen LogP contribution in [0.25, 0.3) is 33.3 Å². The Labute approximate surface area is 156 Å². The Bertz CT molecular complexity index is 1110. The van der Waals surface area contributed by atoms with Crippen LogP contribution in [0.1, 0.15) is 19.8 Å². The maximum atomic E-state index is 10.0. The SMILES string of the molecule is C[C@H]1C[C@@H](Nc2ncnc3nc(-c4cccc5ccccc45)[nH]c23)C[C@@H]1O. The highest BCUT2D eigenvalue weighted by Crippen LogP contribution is 2.31. The lowest BCUT2D eigenvalue weighted by molar-refractivity contribution is 0.141. The molecule has 27 heavy (non-hydrogen) atoms. The second kappa shape index (κ2) is 6.32. The van der Waals surface area contributed by atoms with Crippen molar-refractivity contribution in [2.75, 3.05) is 5.32 Å². The van der Waals surface area contributed by atoms with E-state index in [2.05, 4.69) is 51.5 Å². The van der Waals surface area contributed by atoms with Gasteiger partial charge < -0.3 is 15.4 Å². The average molecular weight is 359 g/mol. The molecule has 6 nitrogen and oxygen atoms in total. The Morgan fingerprint density at radius 1 is 1.07 bits per heavy atom. The van der Waals surface area contributed by atoms with Gasteiger partial charge >= 0.3 is 0 Å². The quantitative estimate of drug-likeness (QED) is 0.519. The molecule has 3 N–H and O–H groups in total. The Kier molecular flexibility index (Phi) is 3.79. The highest BCUT2D eigenvalue weighted by molar-refractivity contribution is 5.97. The Hall–Kier alpha value is -2.99. The molecule has 1 aliphatic rings. The van der Waals surface area contributed by atoms with Crippen LogP contribution in [0.15, 0.2) is 48.8 Å². The van der Waals surface area contributed by atoms with Crippen molar-refractivity contribution in [3.05, 3.63) is 48.8 Å². The van der Waals surface area contributed by atoms with Crippen molar-refractivity contribution in [1.82, 2.24) is 19.9 Å². The zero-order valence-corrected chi connectivity index (χ0v) is 15.1. The summed E-state index contributed by atoms with van der Waals surface area (Å²) in [7, 11) is 0. The molecule has 2 aromatic heterocycles. The van der Waals surface area contributed by atoms with Gasteiger partial charge in [0.25, 0.3) is 0 Å². The monoisotopic (exact) mass is 359 g/mol. The first-order chi connectivity index (χ1) is 13.2. The molecular weight excluding hydrogens is 338 g/mol. The molecule has 0 spiro atoms. The van der Waals surface area contributed by atoms with Gasteiger partial charge in [-0.3, -0.25) is 0 Å². The number of imidazole rings is 1. The minimum atomic E-state index is -0.257. The van der Waals surface area contributed by atoms with Crippen molar-refractivity contribution in [1.29, 1.82) is 0 Å². The number of fused-ring (bicyclic) bond motifs is 2. The maximum Gasteiger partial charge on any atom is 0.183 e. The second-order valence-corrected chi connectivity index (χ2v) is 7.39. The molecule has 2 aromatic carbocycles. The number of hydrogen-bond acceptors (Lipinski definition) is 5. The average Bonchev–Trinajstić information content (AvgIpc) is 3.25. The van der Waals surface area contributed by atoms with Gasteiger partial charge in [-0.2, -0.15) is 0 Å². The molecule has 136 valence electrons. The van der Waals surface area contributed by atoms with Crippen LogP contribution in [0.2, 0.25) is 0 Å². The zero-order chi connectivity index (χ0) is 18.4. The van der Waals surface area contributed by atoms with E-state index >= 15 is 0 Å². The summed E-state index contributed by atoms with van der Waals surface area (Å²) in [6, 6.07) is 14.7. The molecule has 0 unspecified atom stereocenters. The Balaban J connectivity index is 1.56. The number of aromatic amines is 1. The van der Waals surface area contributed by atoms with Gasteiger partial charge in [0.05, 0.1) is 6.10 Å². The normalized spacial score (nSPS) is 22.5. The number of rotatable bonds is 3. The van der Waals surface area contributed by atoms with Crippen LogP contribution in [0.4, 0.5) is 5.82 Å². The molecule has 2 heterocycles. The van der Waals surface area contributed by atoms with Crippen LogP contribution >= 0.6 is 0 Å². The summed E-state index contributed by atoms with van der Waals surface area (Å²) in [4.78, 5) is 16.9. The summed E-state index contributed by atoms with van der Waals surface area (Å²) < 4.78 is 0. The molecule has 5 rings (SSSR count). The van der Waals surface area contributed by atoms with Crippen molar-refractivity contribution in [3.8, 4) is 11.4 Å². The summed E-state index contributed by atoms with van der Waals surface area (Å²) in [6.45, 7) is 2.08. The van der Waals surface area contributed by atoms with E-state index in [1.54, 1.807) is 0 Å². The minimum Gasteiger partial charge on any atom is -0.393 e. The standard InChI is InChI=1S/C21H21N5O/c1-12-9-14(10-17(12)27)24-20-18-21(23-11-22-20)26-19(25-18)16-8-4-6-13-5-2-3-7-15(13)16/h2-8,11-12,14,17,27H,9-10H2,1H3,(H2,22,23,24,25,26)/t12-,14+,17-/m0/s1. The molecule has 6 heteroatoms. The van der Waals surface area contributed by atoms with E-state index < -0.39 is 0 Å². The number of benzene rings is 2. The molecule has 1 saturated carbocycles. The van der Waals surface area contributed by atoms with Gasteiger partial charge in [-0.25, -0.2) is 15.0 Å². The molecular formula is C21H21N5O. The van der Waals surface area contributed by atoms with E-state index in [1.165, 1.54) is 11.7 Å². The first-order valence-corrected chi connectivity index (χ1v) is 9.32. The predicted molar refractivity (Wildman–Crippen MR) is 106 cm³/mol. The third-order valence-corrected chi connectivity index (χ3v) is 5.51. The number of aromatic nitrogens is 4. The third-order valence-electron chi connectivity index (χ3n) is 5.51. The van der Waals surface area contributed by atoms with Gasteiger partial charge in [-0.1, -0.05) is 49.4 Å². The van der Waals surface area contributed by atoms with Gasteiger partial charge in [0, 0.05) is 11.6 Å². The number of nitrogens with zero attached hydrogens (tertiary/aromatic N) is 3. The van der Waals surface area contributed by atoms with E-state index in [9.17, 15) is 5.11 Å². The topological polar surface area (TPSA) is 86.7 Å². The fourth-order valence-electron chi connectivity index (χ4n) is 4.03. The van der Waals surface area contributed by atoms with E-state index in [1.807, 2.05) is 18.2 Å². The second-order valence-electron chi connectivity index (χ2n) is 7.39. The first kappa shape index (κ1) is 16.2. The van der Waals surface area contributed by atoms with Crippen LogP contribution in [0.5, 0.6) is 0 Å². The molecule has 0 saturated heterocycles. The first-order valence-electron chi connectivity index (χ1n) is 9.32. The maximum absolute atomic E-state index is 10.0. The van der Waals surface area contributed by atoms with E-state index in [4.69, 9.17) is 4.98 Å². The van der Waals surface area contributed by atoms with Gasteiger partial charge in [0.1, 0.15) is 17.7 Å². The largest absolute Gasteiger partial charge is 0.393 e. The smallest absolute Gasteiger partial charge is 0.183 e. The van der Waals surface area contributed by atoms with Crippen LogP contribution in [0.3, 0.4) is 0 Å². The van der Waals surface area contributed by atoms with Gasteiger partial charge in [0.15, 0.2) is 11.5 Å². The van der Waals surface area contributed by atoms with E-state index in [0.717, 1.165) is 41.0 Å². The summed E-state index contributed by atoms with van der Waals surface area (Å²) in [6.07, 6.45) is 2.94. The number of H-pyrrole nitrogens is 1. The summed E-state index contributed by atoms with van der Waals surface area (Å²) >= 11 is 0. The number of hydrogen-bond donors (Lipinski definition) is 3. The predicted octanol–water partition coefficient (Wildman–Crippen LogP) is 3.74. The lowest BCUT2D eigenvalue weighted by Gasteiger charge is -2.12. The third kappa shape index (κ3) is 2.82. The van der Waals surface area contributed by atoms with Crippen molar-refractivity contribution in [3.63, 3.8) is 0 Å². The van der Waals surface area contributed by atoms with Crippen molar-refractivity contribution >= 4 is 27.8 Å². The Morgan fingerprint density at radius 2 is 1.93 bits per heavy atom. The molecule has 1 aliphatic carbocycles. The van der Waals surface area contributed by atoms with Gasteiger partial charge in [0.2, 0.25) is 0 Å². The summed E-state index contributed by atoms with van der Waals surface area (Å²) in [5.41, 5.74) is 2.48. The van der Waals surface area contributed by atoms with E-state index in [-0.39, 0.29) is 12.1 Å². The van der Waals surface area contributed by atoms with Crippen LogP contribution in [-0.2, 0) is 0 Å². The molecule has 0 amide bonds. The fraction of sp³-hybridized carbons (Fsp3) is 0.286. The van der Waals surface area contributed by atoms with Gasteiger partial charge in [-0.05, 0) is 29.5 Å². The highest BCUT2D eigenvalue weighted by Gasteiger charge is 2.30. The molecule has 0 bridgehead atoms. The zero-order valence-electron chi connectivity index (χ0n) is 15.1. The van der Waals surface area contributed by atoms with E-state index in [0.29, 0.717) is 11.6 Å². The highest BCUT2D eigenvalue weighted by atomic mass is 16.3. The number of aliphatic hydroxyl groups excluding tert-OH is 1. The lowest BCUT2D eigenvalue weighted by Crippen LogP contribution is -2.17. The van der Waals surface area contributed by atoms with Crippen LogP contribution < -0.4 is 5.32 Å². The minimum absolute atomic E-state index is 0.206. The fourth-order valence-corrected chi connectivity index (χ4v) is 4.03. The molecule has 0 aliphatic heterocycles. The Morgan fingerprint density at radius 3 is 2.78 bits per heavy atom. The molecule has 0 radical (unpaired) electrons. The number of aliphatic hydroxyl groups is 1. The molecule has 3 atom stereocenters. The van der Waals surface area contributed by atoms with Crippen molar-refractivity contribution in [2.24, 2.45) is 5.92 Å². The van der Waals surface area contributed by atoms with Crippen molar-refractivity contribution in [2.45, 2.75) is 31.9 Å². The number of anilines is 1. The summed E-state index contributed by atoms with van der Waals surface area (Å²) in [5.74, 6) is 1.82. The molecule has 1 fully saturated rings. The van der Waals surface area contributed by atoms with Crippen LogP contribution in [-0.4, -0.2) is 37.2 Å². The van der Waals surface area contributed by atoms with Crippen LogP contribution in [0, 0.1) is 5.92 Å².